The van der Waals surface area contributed by atoms with E-state index in [4.69, 9.17) is 4.42 Å². The van der Waals surface area contributed by atoms with Gasteiger partial charge >= 0.3 is 0 Å². The van der Waals surface area contributed by atoms with E-state index in [0.29, 0.717) is 5.76 Å². The molecule has 4 saturated carbocycles. The van der Waals surface area contributed by atoms with Gasteiger partial charge in [0.1, 0.15) is 5.58 Å². The summed E-state index contributed by atoms with van der Waals surface area (Å²) in [6.45, 7) is 0. The molecule has 2 aromatic rings. The fourth-order valence-corrected chi connectivity index (χ4v) is 6.17. The standard InChI is InChI=1S/C19H20BrNO2/c20-15-2-1-3-16-14(15)7-17(23-16)18(22)21-19-8-11-4-12(9-19)6-13(5-11)10-19/h1-3,7,11-13H,4-6,8-10H2,(H,21,22). The fraction of sp³-hybridized carbons (Fsp3) is 0.526. The third kappa shape index (κ3) is 2.25. The van der Waals surface area contributed by atoms with Gasteiger partial charge in [0, 0.05) is 15.4 Å². The van der Waals surface area contributed by atoms with Gasteiger partial charge < -0.3 is 9.73 Å². The van der Waals surface area contributed by atoms with E-state index >= 15 is 0 Å². The van der Waals surface area contributed by atoms with E-state index in [1.54, 1.807) is 0 Å². The van der Waals surface area contributed by atoms with E-state index in [-0.39, 0.29) is 11.4 Å². The largest absolute Gasteiger partial charge is 0.451 e. The van der Waals surface area contributed by atoms with Gasteiger partial charge in [0.2, 0.25) is 0 Å². The van der Waals surface area contributed by atoms with Crippen LogP contribution >= 0.6 is 15.9 Å². The van der Waals surface area contributed by atoms with Crippen LogP contribution in [-0.4, -0.2) is 11.4 Å². The molecule has 1 N–H and O–H groups in total. The molecule has 1 aromatic heterocycles. The first kappa shape index (κ1) is 14.1. The van der Waals surface area contributed by atoms with Gasteiger partial charge in [-0.3, -0.25) is 4.79 Å². The van der Waals surface area contributed by atoms with Crippen molar-refractivity contribution in [3.05, 3.63) is 34.5 Å². The molecule has 4 bridgehead atoms. The Balaban J connectivity index is 1.43. The number of fused-ring (bicyclic) bond motifs is 1. The van der Waals surface area contributed by atoms with Gasteiger partial charge in [0.15, 0.2) is 5.76 Å². The van der Waals surface area contributed by atoms with Gasteiger partial charge in [-0.15, -0.1) is 0 Å². The number of halogens is 1. The predicted octanol–water partition coefficient (Wildman–Crippen LogP) is 4.89. The van der Waals surface area contributed by atoms with Crippen LogP contribution in [0.15, 0.2) is 33.2 Å². The Hall–Kier alpha value is -1.29. The number of hydrogen-bond donors (Lipinski definition) is 1. The van der Waals surface area contributed by atoms with Crippen LogP contribution in [0, 0.1) is 17.8 Å². The molecule has 0 spiro atoms. The highest BCUT2D eigenvalue weighted by Crippen LogP contribution is 2.55. The highest BCUT2D eigenvalue weighted by molar-refractivity contribution is 9.10. The molecule has 4 heteroatoms. The van der Waals surface area contributed by atoms with E-state index in [1.807, 2.05) is 24.3 Å². The minimum Gasteiger partial charge on any atom is -0.451 e. The normalized spacial score (nSPS) is 34.9. The zero-order valence-electron chi connectivity index (χ0n) is 13.0. The Morgan fingerprint density at radius 3 is 2.39 bits per heavy atom. The Labute approximate surface area is 143 Å². The quantitative estimate of drug-likeness (QED) is 0.813. The smallest absolute Gasteiger partial charge is 0.287 e. The lowest BCUT2D eigenvalue weighted by Gasteiger charge is -2.56. The Morgan fingerprint density at radius 2 is 1.78 bits per heavy atom. The Bertz CT molecular complexity index is 758. The zero-order chi connectivity index (χ0) is 15.6. The molecule has 0 atom stereocenters. The summed E-state index contributed by atoms with van der Waals surface area (Å²) >= 11 is 3.52. The number of rotatable bonds is 2. The van der Waals surface area contributed by atoms with Crippen LogP contribution in [0.1, 0.15) is 49.1 Å². The van der Waals surface area contributed by atoms with Crippen LogP contribution in [-0.2, 0) is 0 Å². The fourth-order valence-electron chi connectivity index (χ4n) is 5.70. The summed E-state index contributed by atoms with van der Waals surface area (Å²) in [6, 6.07) is 7.66. The Morgan fingerprint density at radius 1 is 1.13 bits per heavy atom. The maximum atomic E-state index is 12.8. The lowest BCUT2D eigenvalue weighted by atomic mass is 9.53. The molecule has 0 radical (unpaired) electrons. The molecule has 4 aliphatic carbocycles. The van der Waals surface area contributed by atoms with E-state index < -0.39 is 0 Å². The number of benzene rings is 1. The minimum absolute atomic E-state index is 0.0298. The highest BCUT2D eigenvalue weighted by atomic mass is 79.9. The lowest BCUT2D eigenvalue weighted by Crippen LogP contribution is -2.59. The topological polar surface area (TPSA) is 42.2 Å². The number of amides is 1. The monoisotopic (exact) mass is 373 g/mol. The summed E-state index contributed by atoms with van der Waals surface area (Å²) in [5, 5.41) is 4.33. The second kappa shape index (κ2) is 4.85. The average molecular weight is 374 g/mol. The lowest BCUT2D eigenvalue weighted by molar-refractivity contribution is -0.0171. The molecule has 6 rings (SSSR count). The molecule has 0 unspecified atom stereocenters. The summed E-state index contributed by atoms with van der Waals surface area (Å²) in [7, 11) is 0. The summed E-state index contributed by atoms with van der Waals surface area (Å²) in [6.07, 6.45) is 7.63. The van der Waals surface area contributed by atoms with Crippen molar-refractivity contribution in [1.29, 1.82) is 0 Å². The van der Waals surface area contributed by atoms with Crippen molar-refractivity contribution in [3.8, 4) is 0 Å². The minimum atomic E-state index is -0.0462. The van der Waals surface area contributed by atoms with Crippen LogP contribution in [0.2, 0.25) is 0 Å². The summed E-state index contributed by atoms with van der Waals surface area (Å²) < 4.78 is 6.75. The maximum Gasteiger partial charge on any atom is 0.287 e. The first-order valence-electron chi connectivity index (χ1n) is 8.61. The van der Waals surface area contributed by atoms with Crippen molar-refractivity contribution in [2.75, 3.05) is 0 Å². The predicted molar refractivity (Wildman–Crippen MR) is 92.3 cm³/mol. The Kier molecular flexibility index (Phi) is 2.97. The SMILES string of the molecule is O=C(NC12CC3CC(CC(C3)C1)C2)c1cc2c(Br)cccc2o1. The molecule has 3 nitrogen and oxygen atoms in total. The summed E-state index contributed by atoms with van der Waals surface area (Å²) in [4.78, 5) is 12.8. The number of furan rings is 1. The van der Waals surface area contributed by atoms with Gasteiger partial charge in [-0.25, -0.2) is 0 Å². The summed E-state index contributed by atoms with van der Waals surface area (Å²) in [5.74, 6) is 2.86. The van der Waals surface area contributed by atoms with Gasteiger partial charge in [-0.1, -0.05) is 22.0 Å². The van der Waals surface area contributed by atoms with E-state index in [9.17, 15) is 4.79 Å². The molecule has 1 heterocycles. The van der Waals surface area contributed by atoms with Crippen molar-refractivity contribution < 1.29 is 9.21 Å². The molecule has 23 heavy (non-hydrogen) atoms. The first-order valence-corrected chi connectivity index (χ1v) is 9.40. The third-order valence-electron chi connectivity index (χ3n) is 6.15. The molecular formula is C19H20BrNO2. The van der Waals surface area contributed by atoms with E-state index in [1.165, 1.54) is 19.3 Å². The van der Waals surface area contributed by atoms with Gasteiger partial charge in [-0.05, 0) is 74.5 Å². The van der Waals surface area contributed by atoms with Crippen molar-refractivity contribution in [2.24, 2.45) is 17.8 Å². The second-order valence-electron chi connectivity index (χ2n) is 7.91. The third-order valence-corrected chi connectivity index (χ3v) is 6.84. The molecule has 0 saturated heterocycles. The van der Waals surface area contributed by atoms with Crippen LogP contribution in [0.5, 0.6) is 0 Å². The molecule has 1 amide bonds. The van der Waals surface area contributed by atoms with Crippen LogP contribution in [0.25, 0.3) is 11.0 Å². The molecular weight excluding hydrogens is 354 g/mol. The first-order chi connectivity index (χ1) is 11.1. The summed E-state index contributed by atoms with van der Waals surface area (Å²) in [5.41, 5.74) is 0.789. The maximum absolute atomic E-state index is 12.8. The van der Waals surface area contributed by atoms with Crippen molar-refractivity contribution >= 4 is 32.8 Å². The average Bonchev–Trinajstić information content (AvgIpc) is 2.91. The van der Waals surface area contributed by atoms with E-state index in [2.05, 4.69) is 21.2 Å². The van der Waals surface area contributed by atoms with Gasteiger partial charge in [0.25, 0.3) is 5.91 Å². The molecule has 0 aliphatic heterocycles. The highest BCUT2D eigenvalue weighted by Gasteiger charge is 2.51. The number of carbonyl (C=O) groups is 1. The van der Waals surface area contributed by atoms with Crippen LogP contribution < -0.4 is 5.32 Å². The number of carbonyl (C=O) groups excluding carboxylic acids is 1. The van der Waals surface area contributed by atoms with Crippen molar-refractivity contribution in [1.82, 2.24) is 5.32 Å². The number of hydrogen-bond acceptors (Lipinski definition) is 2. The molecule has 4 aliphatic rings. The van der Waals surface area contributed by atoms with Crippen molar-refractivity contribution in [2.45, 2.75) is 44.1 Å². The van der Waals surface area contributed by atoms with Gasteiger partial charge in [-0.2, -0.15) is 0 Å². The molecule has 4 fully saturated rings. The van der Waals surface area contributed by atoms with Crippen molar-refractivity contribution in [3.63, 3.8) is 0 Å². The zero-order valence-corrected chi connectivity index (χ0v) is 14.6. The molecule has 120 valence electrons. The second-order valence-corrected chi connectivity index (χ2v) is 8.77. The number of nitrogens with one attached hydrogen (secondary N) is 1. The van der Waals surface area contributed by atoms with Crippen LogP contribution in [0.3, 0.4) is 0 Å². The van der Waals surface area contributed by atoms with Gasteiger partial charge in [0.05, 0.1) is 0 Å². The molecule has 1 aromatic carbocycles. The van der Waals surface area contributed by atoms with E-state index in [0.717, 1.165) is 52.5 Å². The van der Waals surface area contributed by atoms with Crippen LogP contribution in [0.4, 0.5) is 0 Å².